The third kappa shape index (κ3) is 3.34. The van der Waals surface area contributed by atoms with E-state index in [1.54, 1.807) is 12.1 Å². The van der Waals surface area contributed by atoms with Gasteiger partial charge in [-0.25, -0.2) is 4.79 Å². The molecule has 0 unspecified atom stereocenters. The van der Waals surface area contributed by atoms with Gasteiger partial charge in [-0.2, -0.15) is 4.98 Å². The van der Waals surface area contributed by atoms with Crippen LogP contribution in [0.1, 0.15) is 5.56 Å². The highest BCUT2D eigenvalue weighted by molar-refractivity contribution is 9.10. The first-order chi connectivity index (χ1) is 10.2. The molecular weight excluding hydrogens is 338 g/mol. The summed E-state index contributed by atoms with van der Waals surface area (Å²) >= 11 is 3.23. The normalized spacial score (nSPS) is 10.5. The highest BCUT2D eigenvalue weighted by atomic mass is 79.9. The van der Waals surface area contributed by atoms with E-state index in [0.29, 0.717) is 10.3 Å². The van der Waals surface area contributed by atoms with E-state index in [0.717, 1.165) is 5.56 Å². The largest absolute Gasteiger partial charge is 0.444 e. The number of anilines is 1. The number of rotatable bonds is 3. The van der Waals surface area contributed by atoms with Crippen LogP contribution in [0.3, 0.4) is 0 Å². The first kappa shape index (κ1) is 13.5. The van der Waals surface area contributed by atoms with E-state index in [4.69, 9.17) is 4.74 Å². The molecule has 1 amide bonds. The van der Waals surface area contributed by atoms with Crippen LogP contribution in [-0.2, 0) is 11.3 Å². The maximum absolute atomic E-state index is 11.7. The third-order valence-electron chi connectivity index (χ3n) is 2.60. The minimum atomic E-state index is -0.617. The van der Waals surface area contributed by atoms with Crippen molar-refractivity contribution in [3.8, 4) is 0 Å². The van der Waals surface area contributed by atoms with Crippen LogP contribution in [0.4, 0.5) is 10.7 Å². The maximum atomic E-state index is 11.7. The number of hydrogen-bond acceptors (Lipinski definition) is 5. The lowest BCUT2D eigenvalue weighted by Gasteiger charge is -2.03. The van der Waals surface area contributed by atoms with Crippen molar-refractivity contribution in [2.75, 3.05) is 5.32 Å². The molecule has 21 heavy (non-hydrogen) atoms. The summed E-state index contributed by atoms with van der Waals surface area (Å²) in [5, 5.41) is 10.5. The first-order valence-electron chi connectivity index (χ1n) is 6.08. The zero-order valence-electron chi connectivity index (χ0n) is 10.7. The molecule has 0 saturated heterocycles. The Morgan fingerprint density at radius 2 is 2.00 bits per heavy atom. The fourth-order valence-corrected chi connectivity index (χ4v) is 1.95. The van der Waals surface area contributed by atoms with Crippen molar-refractivity contribution in [2.24, 2.45) is 0 Å². The Kier molecular flexibility index (Phi) is 3.78. The van der Waals surface area contributed by atoms with Crippen molar-refractivity contribution in [3.63, 3.8) is 0 Å². The molecule has 0 aliphatic rings. The molecule has 0 aliphatic carbocycles. The molecule has 1 N–H and O–H groups in total. The van der Waals surface area contributed by atoms with Gasteiger partial charge in [0.05, 0.1) is 0 Å². The predicted octanol–water partition coefficient (Wildman–Crippen LogP) is 2.64. The summed E-state index contributed by atoms with van der Waals surface area (Å²) in [6.07, 6.45) is -0.617. The molecule has 0 aliphatic heterocycles. The molecule has 7 nitrogen and oxygen atoms in total. The Hall–Kier alpha value is -2.48. The Morgan fingerprint density at radius 1 is 1.19 bits per heavy atom. The second kappa shape index (κ2) is 5.88. The van der Waals surface area contributed by atoms with E-state index in [-0.39, 0.29) is 12.6 Å². The van der Waals surface area contributed by atoms with Crippen LogP contribution in [0.5, 0.6) is 0 Å². The van der Waals surface area contributed by atoms with Gasteiger partial charge in [0.15, 0.2) is 5.65 Å². The number of carbonyl (C=O) groups is 1. The second-order valence-corrected chi connectivity index (χ2v) is 4.94. The number of benzene rings is 1. The lowest BCUT2D eigenvalue weighted by molar-refractivity contribution is 0.155. The quantitative estimate of drug-likeness (QED) is 0.787. The van der Waals surface area contributed by atoms with E-state index >= 15 is 0 Å². The Labute approximate surface area is 128 Å². The standard InChI is InChI=1S/C13H10BrN5O2/c14-10-6-7-11-15-12(18-19(11)17-10)16-13(20)21-8-9-4-2-1-3-5-9/h1-7H,8H2,(H,16,18,20). The molecule has 1 aromatic carbocycles. The zero-order valence-corrected chi connectivity index (χ0v) is 12.3. The van der Waals surface area contributed by atoms with Gasteiger partial charge in [0.2, 0.25) is 0 Å². The SMILES string of the molecule is O=C(Nc1nc2ccc(Br)nn2n1)OCc1ccccc1. The van der Waals surface area contributed by atoms with Gasteiger partial charge in [0, 0.05) is 0 Å². The number of aromatic nitrogens is 4. The van der Waals surface area contributed by atoms with Gasteiger partial charge in [0.1, 0.15) is 11.2 Å². The molecule has 0 atom stereocenters. The topological polar surface area (TPSA) is 81.4 Å². The van der Waals surface area contributed by atoms with E-state index in [2.05, 4.69) is 36.4 Å². The summed E-state index contributed by atoms with van der Waals surface area (Å²) < 4.78 is 7.02. The van der Waals surface area contributed by atoms with Gasteiger partial charge in [0.25, 0.3) is 5.95 Å². The summed E-state index contributed by atoms with van der Waals surface area (Å²) in [6.45, 7) is 0.184. The van der Waals surface area contributed by atoms with Crippen LogP contribution in [0.25, 0.3) is 5.65 Å². The number of carbonyl (C=O) groups excluding carboxylic acids is 1. The summed E-state index contributed by atoms with van der Waals surface area (Å²) in [5.41, 5.74) is 1.43. The van der Waals surface area contributed by atoms with Crippen LogP contribution >= 0.6 is 15.9 Å². The molecule has 8 heteroatoms. The average Bonchev–Trinajstić information content (AvgIpc) is 2.87. The van der Waals surface area contributed by atoms with Crippen molar-refractivity contribution in [3.05, 3.63) is 52.6 Å². The van der Waals surface area contributed by atoms with Gasteiger partial charge in [-0.1, -0.05) is 30.3 Å². The molecule has 3 rings (SSSR count). The summed E-state index contributed by atoms with van der Waals surface area (Å²) in [7, 11) is 0. The number of hydrogen-bond donors (Lipinski definition) is 1. The highest BCUT2D eigenvalue weighted by Gasteiger charge is 2.09. The van der Waals surface area contributed by atoms with Crippen LogP contribution in [0.2, 0.25) is 0 Å². The van der Waals surface area contributed by atoms with Crippen LogP contribution < -0.4 is 5.32 Å². The molecule has 3 aromatic rings. The number of halogens is 1. The Balaban J connectivity index is 1.63. The minimum Gasteiger partial charge on any atom is -0.444 e. The van der Waals surface area contributed by atoms with Crippen LogP contribution in [0, 0.1) is 0 Å². The van der Waals surface area contributed by atoms with Gasteiger partial charge in [-0.15, -0.1) is 14.8 Å². The summed E-state index contributed by atoms with van der Waals surface area (Å²) in [6, 6.07) is 12.9. The predicted molar refractivity (Wildman–Crippen MR) is 78.7 cm³/mol. The van der Waals surface area contributed by atoms with Crippen molar-refractivity contribution >= 4 is 33.6 Å². The smallest absolute Gasteiger partial charge is 0.414 e. The van der Waals surface area contributed by atoms with E-state index in [1.807, 2.05) is 30.3 Å². The molecule has 2 heterocycles. The van der Waals surface area contributed by atoms with Gasteiger partial charge >= 0.3 is 6.09 Å². The van der Waals surface area contributed by atoms with Crippen molar-refractivity contribution < 1.29 is 9.53 Å². The lowest BCUT2D eigenvalue weighted by Crippen LogP contribution is -2.14. The molecule has 0 bridgehead atoms. The number of fused-ring (bicyclic) bond motifs is 1. The zero-order chi connectivity index (χ0) is 14.7. The Morgan fingerprint density at radius 3 is 2.81 bits per heavy atom. The molecule has 106 valence electrons. The van der Waals surface area contributed by atoms with Crippen molar-refractivity contribution in [1.29, 1.82) is 0 Å². The van der Waals surface area contributed by atoms with Crippen LogP contribution in [-0.4, -0.2) is 25.9 Å². The molecule has 0 radical (unpaired) electrons. The van der Waals surface area contributed by atoms with Crippen molar-refractivity contribution in [1.82, 2.24) is 19.8 Å². The minimum absolute atomic E-state index is 0.138. The molecule has 2 aromatic heterocycles. The molecule has 0 fully saturated rings. The summed E-state index contributed by atoms with van der Waals surface area (Å²) in [5.74, 6) is 0.138. The second-order valence-electron chi connectivity index (χ2n) is 4.13. The fraction of sp³-hybridized carbons (Fsp3) is 0.0769. The first-order valence-corrected chi connectivity index (χ1v) is 6.87. The third-order valence-corrected chi connectivity index (χ3v) is 3.02. The molecular formula is C13H10BrN5O2. The lowest BCUT2D eigenvalue weighted by atomic mass is 10.2. The van der Waals surface area contributed by atoms with Gasteiger partial charge in [-0.05, 0) is 33.6 Å². The average molecular weight is 348 g/mol. The Bertz CT molecular complexity index is 775. The molecule has 0 saturated carbocycles. The molecule has 0 spiro atoms. The van der Waals surface area contributed by atoms with Crippen LogP contribution in [0.15, 0.2) is 47.1 Å². The van der Waals surface area contributed by atoms with Gasteiger partial charge < -0.3 is 4.74 Å². The maximum Gasteiger partial charge on any atom is 0.414 e. The van der Waals surface area contributed by atoms with E-state index in [9.17, 15) is 4.79 Å². The number of ether oxygens (including phenoxy) is 1. The van der Waals surface area contributed by atoms with Gasteiger partial charge in [-0.3, -0.25) is 5.32 Å². The van der Waals surface area contributed by atoms with E-state index in [1.165, 1.54) is 4.63 Å². The highest BCUT2D eigenvalue weighted by Crippen LogP contribution is 2.09. The number of amides is 1. The number of nitrogens with one attached hydrogen (secondary N) is 1. The fourth-order valence-electron chi connectivity index (χ4n) is 1.66. The van der Waals surface area contributed by atoms with Crippen molar-refractivity contribution in [2.45, 2.75) is 6.61 Å². The summed E-state index contributed by atoms with van der Waals surface area (Å²) in [4.78, 5) is 15.8. The van der Waals surface area contributed by atoms with E-state index < -0.39 is 6.09 Å². The monoisotopic (exact) mass is 347 g/mol. The number of nitrogens with zero attached hydrogens (tertiary/aromatic N) is 4.